The molecule has 0 bridgehead atoms. The molecule has 0 aliphatic rings. The summed E-state index contributed by atoms with van der Waals surface area (Å²) in [4.78, 5) is 22.6. The van der Waals surface area contributed by atoms with Gasteiger partial charge in [-0.2, -0.15) is 8.42 Å². The highest BCUT2D eigenvalue weighted by Crippen LogP contribution is 2.31. The van der Waals surface area contributed by atoms with Crippen molar-refractivity contribution in [1.29, 1.82) is 0 Å². The van der Waals surface area contributed by atoms with Crippen LogP contribution in [0.4, 0.5) is 11.6 Å². The number of anilines is 2. The molecule has 0 aliphatic heterocycles. The van der Waals surface area contributed by atoms with Crippen LogP contribution in [-0.4, -0.2) is 56.2 Å². The number of rotatable bonds is 10. The molecule has 11 heteroatoms. The second-order valence-corrected chi connectivity index (χ2v) is 9.92. The molecular weight excluding hydrogens is 488 g/mol. The third-order valence-electron chi connectivity index (χ3n) is 4.76. The average Bonchev–Trinajstić information content (AvgIpc) is 2.83. The van der Waals surface area contributed by atoms with Crippen LogP contribution in [0.3, 0.4) is 0 Å². The van der Waals surface area contributed by atoms with Crippen LogP contribution in [0.5, 0.6) is 0 Å². The number of aromatic nitrogens is 2. The van der Waals surface area contributed by atoms with Crippen molar-refractivity contribution >= 4 is 45.5 Å². The number of carbonyl (C=O) groups is 1. The Morgan fingerprint density at radius 3 is 2.51 bits per heavy atom. The Morgan fingerprint density at radius 2 is 1.86 bits per heavy atom. The monoisotopic (exact) mass is 514 g/mol. The summed E-state index contributed by atoms with van der Waals surface area (Å²) in [5.41, 5.74) is 1.85. The summed E-state index contributed by atoms with van der Waals surface area (Å²) in [6.07, 6.45) is 5.26. The zero-order chi connectivity index (χ0) is 25.4. The van der Waals surface area contributed by atoms with Gasteiger partial charge in [-0.1, -0.05) is 42.8 Å². The van der Waals surface area contributed by atoms with E-state index in [2.05, 4.69) is 25.0 Å². The highest BCUT2D eigenvalue weighted by molar-refractivity contribution is 7.90. The van der Waals surface area contributed by atoms with E-state index in [-0.39, 0.29) is 17.2 Å². The largest absolute Gasteiger partial charge is 0.368 e. The molecule has 9 nitrogen and oxygen atoms in total. The van der Waals surface area contributed by atoms with Gasteiger partial charge in [0.05, 0.1) is 11.3 Å². The van der Waals surface area contributed by atoms with Crippen LogP contribution in [0.15, 0.2) is 64.2 Å². The van der Waals surface area contributed by atoms with Crippen molar-refractivity contribution in [3.63, 3.8) is 0 Å². The maximum absolute atomic E-state index is 13.1. The molecule has 35 heavy (non-hydrogen) atoms. The normalized spacial score (nSPS) is 11.4. The number of hydrogen-bond donors (Lipinski definition) is 2. The summed E-state index contributed by atoms with van der Waals surface area (Å²) >= 11 is 6.15. The third kappa shape index (κ3) is 7.24. The van der Waals surface area contributed by atoms with Gasteiger partial charge in [0.1, 0.15) is 6.34 Å². The molecule has 0 fully saturated rings. The van der Waals surface area contributed by atoms with E-state index >= 15 is 0 Å². The summed E-state index contributed by atoms with van der Waals surface area (Å²) < 4.78 is 30.0. The van der Waals surface area contributed by atoms with E-state index in [1.54, 1.807) is 62.9 Å². The molecule has 0 unspecified atom stereocenters. The fourth-order valence-corrected chi connectivity index (χ4v) is 4.45. The Kier molecular flexibility index (Phi) is 8.78. The number of hydrogen-bond acceptors (Lipinski definition) is 6. The molecule has 0 saturated carbocycles. The summed E-state index contributed by atoms with van der Waals surface area (Å²) in [7, 11) is -0.763. The molecule has 1 heterocycles. The first-order chi connectivity index (χ1) is 16.7. The number of nitrogens with zero attached hydrogens (tertiary/aromatic N) is 4. The summed E-state index contributed by atoms with van der Waals surface area (Å²) in [6, 6.07) is 11.6. The molecule has 1 aromatic heterocycles. The summed E-state index contributed by atoms with van der Waals surface area (Å²) in [6.45, 7) is 2.75. The van der Waals surface area contributed by atoms with E-state index in [0.29, 0.717) is 33.3 Å². The van der Waals surface area contributed by atoms with Crippen LogP contribution >= 0.6 is 11.6 Å². The molecule has 3 aromatic rings. The minimum absolute atomic E-state index is 0.0440. The number of nitrogens with one attached hydrogen (secondary N) is 2. The minimum atomic E-state index is -4.10. The van der Waals surface area contributed by atoms with Gasteiger partial charge in [0, 0.05) is 54.9 Å². The molecule has 2 N–H and O–H groups in total. The Bertz CT molecular complexity index is 1310. The fourth-order valence-electron chi connectivity index (χ4n) is 3.08. The summed E-state index contributed by atoms with van der Waals surface area (Å²) in [5, 5.41) is 6.30. The van der Waals surface area contributed by atoms with E-state index < -0.39 is 10.0 Å². The Labute approximate surface area is 210 Å². The lowest BCUT2D eigenvalue weighted by Crippen LogP contribution is -2.15. The van der Waals surface area contributed by atoms with Crippen molar-refractivity contribution in [2.45, 2.75) is 24.7 Å². The zero-order valence-corrected chi connectivity index (χ0v) is 21.3. The number of carbonyl (C=O) groups excluding carboxylic acids is 1. The molecule has 2 aromatic carbocycles. The molecular formula is C24H27ClN6O3S. The van der Waals surface area contributed by atoms with E-state index in [4.69, 9.17) is 11.6 Å². The maximum atomic E-state index is 13.1. The number of benzene rings is 2. The molecule has 0 radical (unpaired) electrons. The first kappa shape index (κ1) is 26.1. The van der Waals surface area contributed by atoms with Crippen LogP contribution < -0.4 is 10.6 Å². The number of sulfonamides is 1. The zero-order valence-electron chi connectivity index (χ0n) is 19.7. The maximum Gasteiger partial charge on any atom is 0.284 e. The Hall–Kier alpha value is -3.50. The molecule has 184 valence electrons. The van der Waals surface area contributed by atoms with E-state index in [0.717, 1.165) is 13.0 Å². The van der Waals surface area contributed by atoms with Crippen molar-refractivity contribution in [3.05, 3.63) is 65.4 Å². The van der Waals surface area contributed by atoms with E-state index in [1.807, 2.05) is 6.92 Å². The lowest BCUT2D eigenvalue weighted by Gasteiger charge is -2.13. The summed E-state index contributed by atoms with van der Waals surface area (Å²) in [5.74, 6) is 0.120. The molecule has 0 saturated heterocycles. The predicted molar refractivity (Wildman–Crippen MR) is 139 cm³/mol. The fraction of sp³-hybridized carbons (Fsp3) is 0.250. The first-order valence-electron chi connectivity index (χ1n) is 10.9. The predicted octanol–water partition coefficient (Wildman–Crippen LogP) is 4.08. The average molecular weight is 515 g/mol. The van der Waals surface area contributed by atoms with Crippen LogP contribution in [0.25, 0.3) is 11.1 Å². The molecule has 0 spiro atoms. The first-order valence-corrected chi connectivity index (χ1v) is 12.7. The van der Waals surface area contributed by atoms with Gasteiger partial charge in [0.25, 0.3) is 10.0 Å². The third-order valence-corrected chi connectivity index (χ3v) is 6.40. The molecule has 1 amide bonds. The van der Waals surface area contributed by atoms with Crippen molar-refractivity contribution in [3.8, 4) is 11.1 Å². The quantitative estimate of drug-likeness (QED) is 0.309. The SMILES string of the molecule is CCCNc1ncc(-c2ccc(NC(=O)Cc3ccccc3Cl)cc2S(=O)(=O)N=CN(C)C)cn1. The highest BCUT2D eigenvalue weighted by Gasteiger charge is 2.21. The van der Waals surface area contributed by atoms with Gasteiger partial charge in [-0.15, -0.1) is 4.40 Å². The van der Waals surface area contributed by atoms with Crippen molar-refractivity contribution in [2.24, 2.45) is 4.40 Å². The van der Waals surface area contributed by atoms with Gasteiger partial charge >= 0.3 is 0 Å². The van der Waals surface area contributed by atoms with Gasteiger partial charge in [-0.3, -0.25) is 4.79 Å². The van der Waals surface area contributed by atoms with Crippen molar-refractivity contribution in [1.82, 2.24) is 14.9 Å². The topological polar surface area (TPSA) is 117 Å². The van der Waals surface area contributed by atoms with E-state index in [9.17, 15) is 13.2 Å². The van der Waals surface area contributed by atoms with Crippen LogP contribution in [0, 0.1) is 0 Å². The van der Waals surface area contributed by atoms with Gasteiger partial charge in [0.15, 0.2) is 0 Å². The number of amides is 1. The minimum Gasteiger partial charge on any atom is -0.368 e. The standard InChI is InChI=1S/C24H27ClN6O3S/c1-4-11-26-24-27-14-18(15-28-24)20-10-9-19(13-22(20)35(33,34)29-16-31(2)3)30-23(32)12-17-7-5-6-8-21(17)25/h5-10,13-16H,4,11-12H2,1-3H3,(H,30,32)(H,26,27,28). The lowest BCUT2D eigenvalue weighted by atomic mass is 10.1. The van der Waals surface area contributed by atoms with Crippen LogP contribution in [-0.2, 0) is 21.2 Å². The molecule has 0 atom stereocenters. The van der Waals surface area contributed by atoms with Gasteiger partial charge in [-0.05, 0) is 30.2 Å². The van der Waals surface area contributed by atoms with Gasteiger partial charge < -0.3 is 15.5 Å². The van der Waals surface area contributed by atoms with Gasteiger partial charge in [0.2, 0.25) is 11.9 Å². The number of halogens is 1. The molecule has 3 rings (SSSR count). The van der Waals surface area contributed by atoms with E-state index in [1.165, 1.54) is 17.3 Å². The van der Waals surface area contributed by atoms with Crippen LogP contribution in [0.2, 0.25) is 5.02 Å². The van der Waals surface area contributed by atoms with Crippen molar-refractivity contribution in [2.75, 3.05) is 31.3 Å². The van der Waals surface area contributed by atoms with Crippen molar-refractivity contribution < 1.29 is 13.2 Å². The molecule has 0 aliphatic carbocycles. The Balaban J connectivity index is 1.95. The Morgan fingerprint density at radius 1 is 1.14 bits per heavy atom. The van der Waals surface area contributed by atoms with Crippen LogP contribution in [0.1, 0.15) is 18.9 Å². The lowest BCUT2D eigenvalue weighted by molar-refractivity contribution is -0.115. The second-order valence-electron chi connectivity index (χ2n) is 7.91. The highest BCUT2D eigenvalue weighted by atomic mass is 35.5. The van der Waals surface area contributed by atoms with Gasteiger partial charge in [-0.25, -0.2) is 9.97 Å². The second kappa shape index (κ2) is 11.8. The smallest absolute Gasteiger partial charge is 0.284 e.